The average molecular weight is 143 g/mol. The second kappa shape index (κ2) is 3.53. The summed E-state index contributed by atoms with van der Waals surface area (Å²) in [5, 5.41) is 0. The van der Waals surface area contributed by atoms with Crippen molar-refractivity contribution in [3.63, 3.8) is 0 Å². The van der Waals surface area contributed by atoms with Crippen LogP contribution in [0.5, 0.6) is 0 Å². The molecule has 0 aromatic heterocycles. The fourth-order valence-corrected chi connectivity index (χ4v) is 1.05. The SMILES string of the molecule is NCCCC1CC(=O)NN1. The van der Waals surface area contributed by atoms with Gasteiger partial charge in [-0.2, -0.15) is 0 Å². The van der Waals surface area contributed by atoms with Crippen molar-refractivity contribution >= 4 is 5.91 Å². The van der Waals surface area contributed by atoms with Gasteiger partial charge in [0.15, 0.2) is 0 Å². The summed E-state index contributed by atoms with van der Waals surface area (Å²) in [6, 6.07) is 0.302. The second-order valence-corrected chi connectivity index (χ2v) is 2.52. The Bertz CT molecular complexity index is 126. The third kappa shape index (κ3) is 1.97. The van der Waals surface area contributed by atoms with E-state index < -0.39 is 0 Å². The first-order valence-corrected chi connectivity index (χ1v) is 3.57. The maximum absolute atomic E-state index is 10.6. The van der Waals surface area contributed by atoms with Gasteiger partial charge in [0.05, 0.1) is 0 Å². The lowest BCUT2D eigenvalue weighted by molar-refractivity contribution is -0.119. The summed E-state index contributed by atoms with van der Waals surface area (Å²) in [4.78, 5) is 10.6. The summed E-state index contributed by atoms with van der Waals surface area (Å²) >= 11 is 0. The molecule has 1 saturated heterocycles. The van der Waals surface area contributed by atoms with Gasteiger partial charge >= 0.3 is 0 Å². The molecule has 1 heterocycles. The van der Waals surface area contributed by atoms with Gasteiger partial charge in [0, 0.05) is 12.5 Å². The van der Waals surface area contributed by atoms with Crippen molar-refractivity contribution in [3.8, 4) is 0 Å². The zero-order chi connectivity index (χ0) is 7.40. The van der Waals surface area contributed by atoms with Crippen LogP contribution in [-0.4, -0.2) is 18.5 Å². The quantitative estimate of drug-likeness (QED) is 0.480. The number of carbonyl (C=O) groups excluding carboxylic acids is 1. The Hall–Kier alpha value is -0.610. The van der Waals surface area contributed by atoms with Gasteiger partial charge in [-0.15, -0.1) is 0 Å². The van der Waals surface area contributed by atoms with Gasteiger partial charge in [-0.05, 0) is 19.4 Å². The normalized spacial score (nSPS) is 24.9. The highest BCUT2D eigenvalue weighted by Crippen LogP contribution is 2.03. The Morgan fingerprint density at radius 1 is 1.70 bits per heavy atom. The standard InChI is InChI=1S/C6H13N3O/c7-3-1-2-5-4-6(10)9-8-5/h5,8H,1-4,7H2,(H,9,10). The summed E-state index contributed by atoms with van der Waals surface area (Å²) in [6.07, 6.45) is 2.56. The topological polar surface area (TPSA) is 67.2 Å². The monoisotopic (exact) mass is 143 g/mol. The predicted molar refractivity (Wildman–Crippen MR) is 38.0 cm³/mol. The molecule has 0 radical (unpaired) electrons. The van der Waals surface area contributed by atoms with Crippen LogP contribution >= 0.6 is 0 Å². The van der Waals surface area contributed by atoms with Crippen LogP contribution in [0.2, 0.25) is 0 Å². The molecular formula is C6H13N3O. The molecule has 1 aliphatic heterocycles. The lowest BCUT2D eigenvalue weighted by atomic mass is 10.1. The van der Waals surface area contributed by atoms with E-state index in [2.05, 4.69) is 10.9 Å². The van der Waals surface area contributed by atoms with Crippen molar-refractivity contribution in [2.24, 2.45) is 5.73 Å². The highest BCUT2D eigenvalue weighted by atomic mass is 16.2. The molecule has 58 valence electrons. The molecule has 1 rings (SSSR count). The lowest BCUT2D eigenvalue weighted by Gasteiger charge is -2.04. The number of rotatable bonds is 3. The Kier molecular flexibility index (Phi) is 2.65. The summed E-state index contributed by atoms with van der Waals surface area (Å²) in [6.45, 7) is 0.701. The van der Waals surface area contributed by atoms with E-state index in [1.54, 1.807) is 0 Å². The van der Waals surface area contributed by atoms with Crippen molar-refractivity contribution in [1.29, 1.82) is 0 Å². The van der Waals surface area contributed by atoms with Crippen LogP contribution in [0, 0.1) is 0 Å². The zero-order valence-electron chi connectivity index (χ0n) is 5.89. The van der Waals surface area contributed by atoms with Crippen molar-refractivity contribution in [2.45, 2.75) is 25.3 Å². The highest BCUT2D eigenvalue weighted by molar-refractivity contribution is 5.77. The minimum atomic E-state index is 0.0852. The Morgan fingerprint density at radius 2 is 2.50 bits per heavy atom. The number of hydrogen-bond acceptors (Lipinski definition) is 3. The van der Waals surface area contributed by atoms with Crippen molar-refractivity contribution < 1.29 is 4.79 Å². The number of hydrazine groups is 1. The molecule has 0 aliphatic carbocycles. The van der Waals surface area contributed by atoms with E-state index in [4.69, 9.17) is 5.73 Å². The molecule has 4 nitrogen and oxygen atoms in total. The van der Waals surface area contributed by atoms with E-state index in [0.717, 1.165) is 12.8 Å². The van der Waals surface area contributed by atoms with Crippen molar-refractivity contribution in [2.75, 3.05) is 6.54 Å². The molecule has 4 N–H and O–H groups in total. The Morgan fingerprint density at radius 3 is 3.00 bits per heavy atom. The summed E-state index contributed by atoms with van der Waals surface area (Å²) in [5.74, 6) is 0.0852. The number of nitrogens with one attached hydrogen (secondary N) is 2. The van der Waals surface area contributed by atoms with Crippen LogP contribution in [0.25, 0.3) is 0 Å². The molecule has 0 saturated carbocycles. The van der Waals surface area contributed by atoms with Crippen LogP contribution in [0.1, 0.15) is 19.3 Å². The molecular weight excluding hydrogens is 130 g/mol. The molecule has 1 unspecified atom stereocenters. The molecule has 1 atom stereocenters. The first-order chi connectivity index (χ1) is 4.83. The maximum Gasteiger partial charge on any atom is 0.235 e. The fourth-order valence-electron chi connectivity index (χ4n) is 1.05. The lowest BCUT2D eigenvalue weighted by Crippen LogP contribution is -2.31. The van der Waals surface area contributed by atoms with E-state index in [1.165, 1.54) is 0 Å². The van der Waals surface area contributed by atoms with Crippen LogP contribution in [-0.2, 0) is 4.79 Å². The van der Waals surface area contributed by atoms with E-state index in [0.29, 0.717) is 19.0 Å². The fraction of sp³-hybridized carbons (Fsp3) is 0.833. The predicted octanol–water partition coefficient (Wildman–Crippen LogP) is -0.882. The van der Waals surface area contributed by atoms with Crippen molar-refractivity contribution in [1.82, 2.24) is 10.9 Å². The van der Waals surface area contributed by atoms with Gasteiger partial charge in [-0.3, -0.25) is 10.2 Å². The third-order valence-corrected chi connectivity index (χ3v) is 1.60. The Balaban J connectivity index is 2.12. The largest absolute Gasteiger partial charge is 0.330 e. The number of amides is 1. The summed E-state index contributed by atoms with van der Waals surface area (Å²) in [5.41, 5.74) is 10.7. The molecule has 0 bridgehead atoms. The number of carbonyl (C=O) groups is 1. The average Bonchev–Trinajstić information content (AvgIpc) is 2.31. The van der Waals surface area contributed by atoms with E-state index in [-0.39, 0.29) is 5.91 Å². The van der Waals surface area contributed by atoms with Crippen LogP contribution in [0.3, 0.4) is 0 Å². The van der Waals surface area contributed by atoms with E-state index in [9.17, 15) is 4.79 Å². The molecule has 1 aliphatic rings. The minimum Gasteiger partial charge on any atom is -0.330 e. The maximum atomic E-state index is 10.6. The first-order valence-electron chi connectivity index (χ1n) is 3.57. The Labute approximate surface area is 60.1 Å². The van der Waals surface area contributed by atoms with Gasteiger partial charge in [-0.1, -0.05) is 0 Å². The number of hydrogen-bond donors (Lipinski definition) is 3. The van der Waals surface area contributed by atoms with Crippen molar-refractivity contribution in [3.05, 3.63) is 0 Å². The zero-order valence-corrected chi connectivity index (χ0v) is 5.89. The van der Waals surface area contributed by atoms with Gasteiger partial charge in [-0.25, -0.2) is 5.43 Å². The molecule has 1 amide bonds. The molecule has 0 aromatic carbocycles. The van der Waals surface area contributed by atoms with Gasteiger partial charge in [0.25, 0.3) is 0 Å². The molecule has 0 spiro atoms. The molecule has 4 heteroatoms. The molecule has 10 heavy (non-hydrogen) atoms. The summed E-state index contributed by atoms with van der Waals surface area (Å²) < 4.78 is 0. The second-order valence-electron chi connectivity index (χ2n) is 2.52. The van der Waals surface area contributed by atoms with E-state index in [1.807, 2.05) is 0 Å². The van der Waals surface area contributed by atoms with Gasteiger partial charge < -0.3 is 5.73 Å². The smallest absolute Gasteiger partial charge is 0.235 e. The van der Waals surface area contributed by atoms with Gasteiger partial charge in [0.1, 0.15) is 0 Å². The molecule has 1 fully saturated rings. The van der Waals surface area contributed by atoms with Crippen LogP contribution in [0.4, 0.5) is 0 Å². The summed E-state index contributed by atoms with van der Waals surface area (Å²) in [7, 11) is 0. The van der Waals surface area contributed by atoms with Crippen LogP contribution < -0.4 is 16.6 Å². The van der Waals surface area contributed by atoms with Crippen LogP contribution in [0.15, 0.2) is 0 Å². The third-order valence-electron chi connectivity index (χ3n) is 1.60. The highest BCUT2D eigenvalue weighted by Gasteiger charge is 2.19. The number of nitrogens with two attached hydrogens (primary N) is 1. The van der Waals surface area contributed by atoms with Gasteiger partial charge in [0.2, 0.25) is 5.91 Å². The molecule has 0 aromatic rings. The first kappa shape index (κ1) is 7.50. The van der Waals surface area contributed by atoms with E-state index >= 15 is 0 Å². The minimum absolute atomic E-state index is 0.0852.